The number of benzene rings is 2. The monoisotopic (exact) mass is 584 g/mol. The minimum absolute atomic E-state index is 0.172. The molecule has 0 N–H and O–H groups in total. The van der Waals surface area contributed by atoms with Gasteiger partial charge in [0.1, 0.15) is 5.75 Å². The zero-order valence-electron chi connectivity index (χ0n) is 26.2. The van der Waals surface area contributed by atoms with Crippen LogP contribution in [0.3, 0.4) is 0 Å². The Balaban J connectivity index is 1.34. The molecular weight excluding hydrogens is 530 g/mol. The number of hydrogen-bond donors (Lipinski definition) is 0. The molecule has 0 bridgehead atoms. The van der Waals surface area contributed by atoms with E-state index >= 15 is 0 Å². The first-order chi connectivity index (χ1) is 20.5. The minimum Gasteiger partial charge on any atom is -0.490 e. The zero-order chi connectivity index (χ0) is 30.0. The van der Waals surface area contributed by atoms with Gasteiger partial charge in [0.05, 0.1) is 12.2 Å². The Bertz CT molecular complexity index is 1030. The summed E-state index contributed by atoms with van der Waals surface area (Å²) in [5.41, 5.74) is 0.754. The topological polar surface area (TPSA) is 35.5 Å². The number of hydrogen-bond acceptors (Lipinski definition) is 3. The number of carbonyl (C=O) groups is 1. The molecule has 0 spiro atoms. The van der Waals surface area contributed by atoms with Gasteiger partial charge in [0.15, 0.2) is 11.6 Å². The van der Waals surface area contributed by atoms with Gasteiger partial charge in [-0.15, -0.1) is 0 Å². The molecule has 42 heavy (non-hydrogen) atoms. The SMILES string of the molecule is CCCCCCCCCOc1ccc(C(=O)Oc2ccc(CCCCC3CCC(CCCCC)CC3)cc2)c(F)c1F. The van der Waals surface area contributed by atoms with Gasteiger partial charge in [-0.2, -0.15) is 4.39 Å². The Kier molecular flexibility index (Phi) is 16.0. The highest BCUT2D eigenvalue weighted by atomic mass is 19.2. The van der Waals surface area contributed by atoms with Crippen molar-refractivity contribution in [3.05, 3.63) is 59.2 Å². The van der Waals surface area contributed by atoms with E-state index in [1.165, 1.54) is 108 Å². The average Bonchev–Trinajstić information content (AvgIpc) is 3.00. The summed E-state index contributed by atoms with van der Waals surface area (Å²) in [5, 5.41) is 0. The summed E-state index contributed by atoms with van der Waals surface area (Å²) < 4.78 is 40.0. The van der Waals surface area contributed by atoms with E-state index in [1.54, 1.807) is 12.1 Å². The van der Waals surface area contributed by atoms with Crippen molar-refractivity contribution in [2.75, 3.05) is 6.61 Å². The highest BCUT2D eigenvalue weighted by molar-refractivity contribution is 5.91. The van der Waals surface area contributed by atoms with Crippen LogP contribution in [0.2, 0.25) is 0 Å². The lowest BCUT2D eigenvalue weighted by Gasteiger charge is -2.28. The summed E-state index contributed by atoms with van der Waals surface area (Å²) in [7, 11) is 0. The zero-order valence-corrected chi connectivity index (χ0v) is 26.2. The molecule has 2 aromatic rings. The van der Waals surface area contributed by atoms with Gasteiger partial charge < -0.3 is 9.47 Å². The molecule has 234 valence electrons. The second-order valence-electron chi connectivity index (χ2n) is 12.4. The molecule has 2 aromatic carbocycles. The van der Waals surface area contributed by atoms with Crippen LogP contribution in [0, 0.1) is 23.5 Å². The Morgan fingerprint density at radius 3 is 1.90 bits per heavy atom. The standard InChI is InChI=1S/C37H54F2O3/c1-3-5-7-8-9-10-14-28-41-34-27-26-33(35(38)36(34)39)37(40)42-32-24-22-31(23-25-32)17-13-12-16-30-20-18-29(19-21-30)15-11-6-4-2/h22-27,29-30H,3-21,28H2,1-2H3. The second kappa shape index (κ2) is 19.7. The van der Waals surface area contributed by atoms with Crippen LogP contribution in [0.5, 0.6) is 11.5 Å². The van der Waals surface area contributed by atoms with Gasteiger partial charge in [-0.3, -0.25) is 0 Å². The third kappa shape index (κ3) is 12.1. The largest absolute Gasteiger partial charge is 0.490 e. The number of carbonyl (C=O) groups excluding carboxylic acids is 1. The van der Waals surface area contributed by atoms with Gasteiger partial charge >= 0.3 is 5.97 Å². The molecule has 0 heterocycles. The second-order valence-corrected chi connectivity index (χ2v) is 12.4. The molecule has 1 saturated carbocycles. The van der Waals surface area contributed by atoms with Crippen molar-refractivity contribution in [1.29, 1.82) is 0 Å². The van der Waals surface area contributed by atoms with Crippen molar-refractivity contribution in [2.24, 2.45) is 11.8 Å². The number of halogens is 2. The van der Waals surface area contributed by atoms with Gasteiger partial charge in [0, 0.05) is 0 Å². The van der Waals surface area contributed by atoms with Crippen molar-refractivity contribution in [3.8, 4) is 11.5 Å². The van der Waals surface area contributed by atoms with Crippen molar-refractivity contribution in [1.82, 2.24) is 0 Å². The molecule has 0 aromatic heterocycles. The van der Waals surface area contributed by atoms with Crippen LogP contribution < -0.4 is 9.47 Å². The summed E-state index contributed by atoms with van der Waals surface area (Å²) in [4.78, 5) is 12.6. The lowest BCUT2D eigenvalue weighted by molar-refractivity contribution is 0.0728. The Hall–Kier alpha value is -2.43. The highest BCUT2D eigenvalue weighted by Gasteiger charge is 2.22. The minimum atomic E-state index is -1.24. The molecular formula is C37H54F2O3. The van der Waals surface area contributed by atoms with Crippen molar-refractivity contribution in [2.45, 2.75) is 136 Å². The molecule has 1 aliphatic rings. The van der Waals surface area contributed by atoms with E-state index in [4.69, 9.17) is 9.47 Å². The molecule has 3 nitrogen and oxygen atoms in total. The first-order valence-corrected chi connectivity index (χ1v) is 16.9. The van der Waals surface area contributed by atoms with Crippen molar-refractivity contribution >= 4 is 5.97 Å². The first-order valence-electron chi connectivity index (χ1n) is 16.9. The molecule has 0 radical (unpaired) electrons. The Labute approximate surface area is 253 Å². The summed E-state index contributed by atoms with van der Waals surface area (Å²) >= 11 is 0. The van der Waals surface area contributed by atoms with Crippen molar-refractivity contribution < 1.29 is 23.0 Å². The predicted octanol–water partition coefficient (Wildman–Crippen LogP) is 11.4. The number of aryl methyl sites for hydroxylation is 1. The van der Waals surface area contributed by atoms with E-state index in [1.807, 2.05) is 12.1 Å². The number of unbranched alkanes of at least 4 members (excludes halogenated alkanes) is 9. The fourth-order valence-corrected chi connectivity index (χ4v) is 6.18. The third-order valence-electron chi connectivity index (χ3n) is 8.92. The molecule has 0 aliphatic heterocycles. The van der Waals surface area contributed by atoms with E-state index in [2.05, 4.69) is 13.8 Å². The average molecular weight is 585 g/mol. The fraction of sp³-hybridized carbons (Fsp3) is 0.649. The smallest absolute Gasteiger partial charge is 0.346 e. The molecule has 0 atom stereocenters. The van der Waals surface area contributed by atoms with E-state index in [-0.39, 0.29) is 5.75 Å². The van der Waals surface area contributed by atoms with Crippen LogP contribution in [0.4, 0.5) is 8.78 Å². The predicted molar refractivity (Wildman–Crippen MR) is 168 cm³/mol. The summed E-state index contributed by atoms with van der Waals surface area (Å²) in [5.74, 6) is -1.30. The number of rotatable bonds is 20. The van der Waals surface area contributed by atoms with E-state index in [0.29, 0.717) is 12.4 Å². The third-order valence-corrected chi connectivity index (χ3v) is 8.92. The van der Waals surface area contributed by atoms with Crippen LogP contribution in [0.1, 0.15) is 145 Å². The van der Waals surface area contributed by atoms with Crippen LogP contribution in [-0.4, -0.2) is 12.6 Å². The maximum atomic E-state index is 14.7. The maximum Gasteiger partial charge on any atom is 0.346 e. The van der Waals surface area contributed by atoms with Gasteiger partial charge in [-0.25, -0.2) is 9.18 Å². The Morgan fingerprint density at radius 1 is 0.690 bits per heavy atom. The summed E-state index contributed by atoms with van der Waals surface area (Å²) in [6, 6.07) is 9.87. The van der Waals surface area contributed by atoms with Crippen LogP contribution >= 0.6 is 0 Å². The maximum absolute atomic E-state index is 14.7. The normalized spacial score (nSPS) is 16.9. The number of ether oxygens (including phenoxy) is 2. The summed E-state index contributed by atoms with van der Waals surface area (Å²) in [6.07, 6.45) is 23.6. The van der Waals surface area contributed by atoms with E-state index < -0.39 is 23.2 Å². The van der Waals surface area contributed by atoms with Gasteiger partial charge in [-0.05, 0) is 60.9 Å². The summed E-state index contributed by atoms with van der Waals surface area (Å²) in [6.45, 7) is 4.78. The molecule has 0 saturated heterocycles. The van der Waals surface area contributed by atoms with Gasteiger partial charge in [0.25, 0.3) is 0 Å². The van der Waals surface area contributed by atoms with E-state index in [0.717, 1.165) is 43.9 Å². The molecule has 0 unspecified atom stereocenters. The van der Waals surface area contributed by atoms with Crippen LogP contribution in [-0.2, 0) is 6.42 Å². The lowest BCUT2D eigenvalue weighted by Crippen LogP contribution is -2.14. The van der Waals surface area contributed by atoms with Crippen LogP contribution in [0.25, 0.3) is 0 Å². The molecule has 3 rings (SSSR count). The quantitative estimate of drug-likeness (QED) is 0.0882. The molecule has 5 heteroatoms. The van der Waals surface area contributed by atoms with E-state index in [9.17, 15) is 13.6 Å². The highest BCUT2D eigenvalue weighted by Crippen LogP contribution is 2.34. The van der Waals surface area contributed by atoms with Crippen LogP contribution in [0.15, 0.2) is 36.4 Å². The van der Waals surface area contributed by atoms with Crippen molar-refractivity contribution in [3.63, 3.8) is 0 Å². The van der Waals surface area contributed by atoms with Gasteiger partial charge in [-0.1, -0.05) is 129 Å². The molecule has 1 aliphatic carbocycles. The Morgan fingerprint density at radius 2 is 1.26 bits per heavy atom. The molecule has 1 fully saturated rings. The fourth-order valence-electron chi connectivity index (χ4n) is 6.18. The first kappa shape index (κ1) is 34.1. The number of esters is 1. The lowest BCUT2D eigenvalue weighted by atomic mass is 9.78. The molecule has 0 amide bonds. The van der Waals surface area contributed by atoms with Gasteiger partial charge in [0.2, 0.25) is 5.82 Å².